The third kappa shape index (κ3) is 1.66. The van der Waals surface area contributed by atoms with Crippen LogP contribution < -0.4 is 14.8 Å². The van der Waals surface area contributed by atoms with Gasteiger partial charge in [-0.1, -0.05) is 0 Å². The molecule has 0 spiro atoms. The van der Waals surface area contributed by atoms with Crippen LogP contribution in [0.4, 0.5) is 0 Å². The normalized spacial score (nSPS) is 20.3. The highest BCUT2D eigenvalue weighted by atomic mass is 79.9. The molecule has 4 rings (SSSR count). The molecule has 0 aromatic heterocycles. The van der Waals surface area contributed by atoms with E-state index >= 15 is 0 Å². The molecule has 1 aromatic carbocycles. The van der Waals surface area contributed by atoms with Gasteiger partial charge in [0.05, 0.1) is 17.7 Å². The molecule has 0 saturated heterocycles. The van der Waals surface area contributed by atoms with Gasteiger partial charge in [-0.15, -0.1) is 0 Å². The second-order valence-corrected chi connectivity index (χ2v) is 6.05. The predicted octanol–water partition coefficient (Wildman–Crippen LogP) is 2.57. The average molecular weight is 310 g/mol. The number of ether oxygens (including phenoxy) is 2. The molecule has 3 nitrogen and oxygen atoms in total. The highest BCUT2D eigenvalue weighted by Crippen LogP contribution is 2.47. The number of rotatable bonds is 3. The molecule has 1 N–H and O–H groups in total. The Bertz CT molecular complexity index is 476. The Morgan fingerprint density at radius 1 is 1.06 bits per heavy atom. The Hall–Kier alpha value is -0.740. The zero-order valence-electron chi connectivity index (χ0n) is 10.2. The smallest absolute Gasteiger partial charge is 0.137 e. The number of halogens is 1. The first-order chi connectivity index (χ1) is 8.84. The van der Waals surface area contributed by atoms with E-state index in [2.05, 4.69) is 21.2 Å². The summed E-state index contributed by atoms with van der Waals surface area (Å²) in [7, 11) is 0. The SMILES string of the molecule is Brc1c2c(c(CNC3CC3)c3c1OCC3)OCC2. The second-order valence-electron chi connectivity index (χ2n) is 5.26. The van der Waals surface area contributed by atoms with Gasteiger partial charge in [0.1, 0.15) is 11.5 Å². The third-order valence-electron chi connectivity index (χ3n) is 3.99. The molecule has 0 amide bonds. The first-order valence-electron chi connectivity index (χ1n) is 6.69. The molecule has 1 saturated carbocycles. The predicted molar refractivity (Wildman–Crippen MR) is 72.4 cm³/mol. The van der Waals surface area contributed by atoms with Crippen LogP contribution in [0.2, 0.25) is 0 Å². The molecule has 3 aliphatic rings. The van der Waals surface area contributed by atoms with Crippen LogP contribution in [0.3, 0.4) is 0 Å². The van der Waals surface area contributed by atoms with Gasteiger partial charge in [0.2, 0.25) is 0 Å². The van der Waals surface area contributed by atoms with E-state index in [-0.39, 0.29) is 0 Å². The van der Waals surface area contributed by atoms with E-state index in [0.717, 1.165) is 54.6 Å². The molecule has 2 aliphatic heterocycles. The molecule has 18 heavy (non-hydrogen) atoms. The maximum atomic E-state index is 5.86. The van der Waals surface area contributed by atoms with Crippen LogP contribution in [0.15, 0.2) is 4.47 Å². The molecule has 96 valence electrons. The summed E-state index contributed by atoms with van der Waals surface area (Å²) in [5.41, 5.74) is 3.98. The Labute approximate surface area is 115 Å². The minimum absolute atomic E-state index is 0.726. The maximum absolute atomic E-state index is 5.86. The Morgan fingerprint density at radius 3 is 2.56 bits per heavy atom. The summed E-state index contributed by atoms with van der Waals surface area (Å²) in [5.74, 6) is 2.17. The number of fused-ring (bicyclic) bond motifs is 2. The first-order valence-corrected chi connectivity index (χ1v) is 7.49. The van der Waals surface area contributed by atoms with Crippen molar-refractivity contribution in [3.8, 4) is 11.5 Å². The van der Waals surface area contributed by atoms with Gasteiger partial charge >= 0.3 is 0 Å². The summed E-state index contributed by atoms with van der Waals surface area (Å²) < 4.78 is 12.8. The van der Waals surface area contributed by atoms with Gasteiger partial charge < -0.3 is 14.8 Å². The van der Waals surface area contributed by atoms with E-state index in [1.807, 2.05) is 0 Å². The summed E-state index contributed by atoms with van der Waals surface area (Å²) in [6, 6.07) is 0.726. The van der Waals surface area contributed by atoms with Crippen molar-refractivity contribution in [2.45, 2.75) is 38.3 Å². The van der Waals surface area contributed by atoms with Crippen LogP contribution in [0, 0.1) is 0 Å². The van der Waals surface area contributed by atoms with Gasteiger partial charge in [0.15, 0.2) is 0 Å². The van der Waals surface area contributed by atoms with Crippen molar-refractivity contribution in [3.63, 3.8) is 0 Å². The van der Waals surface area contributed by atoms with E-state index in [4.69, 9.17) is 9.47 Å². The van der Waals surface area contributed by atoms with E-state index in [1.165, 1.54) is 29.5 Å². The number of hydrogen-bond acceptors (Lipinski definition) is 3. The molecular weight excluding hydrogens is 294 g/mol. The summed E-state index contributed by atoms with van der Waals surface area (Å²) in [4.78, 5) is 0. The molecule has 0 unspecified atom stereocenters. The van der Waals surface area contributed by atoms with Crippen molar-refractivity contribution < 1.29 is 9.47 Å². The minimum atomic E-state index is 0.726. The second kappa shape index (κ2) is 4.14. The summed E-state index contributed by atoms with van der Waals surface area (Å²) in [5, 5.41) is 3.60. The van der Waals surface area contributed by atoms with E-state index in [0.29, 0.717) is 0 Å². The lowest BCUT2D eigenvalue weighted by Gasteiger charge is -2.15. The van der Waals surface area contributed by atoms with Crippen LogP contribution in [0.25, 0.3) is 0 Å². The molecule has 0 radical (unpaired) electrons. The van der Waals surface area contributed by atoms with Gasteiger partial charge in [0.25, 0.3) is 0 Å². The lowest BCUT2D eigenvalue weighted by atomic mass is 9.99. The van der Waals surface area contributed by atoms with Crippen molar-refractivity contribution in [1.29, 1.82) is 0 Å². The molecule has 1 fully saturated rings. The van der Waals surface area contributed by atoms with Gasteiger partial charge in [-0.2, -0.15) is 0 Å². The van der Waals surface area contributed by atoms with Gasteiger partial charge in [0, 0.05) is 42.1 Å². The fraction of sp³-hybridized carbons (Fsp3) is 0.571. The van der Waals surface area contributed by atoms with Crippen molar-refractivity contribution >= 4 is 15.9 Å². The highest BCUT2D eigenvalue weighted by molar-refractivity contribution is 9.10. The number of benzene rings is 1. The van der Waals surface area contributed by atoms with Crippen LogP contribution in [-0.2, 0) is 19.4 Å². The largest absolute Gasteiger partial charge is 0.493 e. The molecule has 0 bridgehead atoms. The molecule has 1 aromatic rings. The van der Waals surface area contributed by atoms with E-state index < -0.39 is 0 Å². The lowest BCUT2D eigenvalue weighted by Crippen LogP contribution is -2.17. The highest BCUT2D eigenvalue weighted by Gasteiger charge is 2.31. The van der Waals surface area contributed by atoms with Crippen LogP contribution >= 0.6 is 15.9 Å². The number of nitrogens with one attached hydrogen (secondary N) is 1. The maximum Gasteiger partial charge on any atom is 0.137 e. The molecule has 2 heterocycles. The van der Waals surface area contributed by atoms with Crippen LogP contribution in [0.1, 0.15) is 29.5 Å². The van der Waals surface area contributed by atoms with E-state index in [1.54, 1.807) is 0 Å². The van der Waals surface area contributed by atoms with Crippen molar-refractivity contribution in [2.75, 3.05) is 13.2 Å². The monoisotopic (exact) mass is 309 g/mol. The van der Waals surface area contributed by atoms with Crippen LogP contribution in [-0.4, -0.2) is 19.3 Å². The first kappa shape index (κ1) is 11.1. The molecule has 0 atom stereocenters. The summed E-state index contributed by atoms with van der Waals surface area (Å²) in [6.07, 6.45) is 4.63. The van der Waals surface area contributed by atoms with Crippen LogP contribution in [0.5, 0.6) is 11.5 Å². The Kier molecular flexibility index (Phi) is 2.55. The molecule has 4 heteroatoms. The van der Waals surface area contributed by atoms with Crippen molar-refractivity contribution in [3.05, 3.63) is 21.2 Å². The zero-order valence-corrected chi connectivity index (χ0v) is 11.8. The van der Waals surface area contributed by atoms with Gasteiger partial charge in [-0.3, -0.25) is 0 Å². The molecule has 1 aliphatic carbocycles. The Morgan fingerprint density at radius 2 is 1.78 bits per heavy atom. The van der Waals surface area contributed by atoms with Gasteiger partial charge in [-0.25, -0.2) is 0 Å². The average Bonchev–Trinajstić information content (AvgIpc) is 2.90. The van der Waals surface area contributed by atoms with Crippen molar-refractivity contribution in [1.82, 2.24) is 5.32 Å². The van der Waals surface area contributed by atoms with E-state index in [9.17, 15) is 0 Å². The minimum Gasteiger partial charge on any atom is -0.493 e. The van der Waals surface area contributed by atoms with Crippen molar-refractivity contribution in [2.24, 2.45) is 0 Å². The van der Waals surface area contributed by atoms with Gasteiger partial charge in [-0.05, 0) is 28.8 Å². The quantitative estimate of drug-likeness (QED) is 0.931. The zero-order chi connectivity index (χ0) is 12.1. The number of hydrogen-bond donors (Lipinski definition) is 1. The Balaban J connectivity index is 1.78. The molecular formula is C14H16BrNO2. The lowest BCUT2D eigenvalue weighted by molar-refractivity contribution is 0.351. The summed E-state index contributed by atoms with van der Waals surface area (Å²) >= 11 is 3.68. The topological polar surface area (TPSA) is 30.5 Å². The fourth-order valence-electron chi connectivity index (χ4n) is 2.87. The fourth-order valence-corrected chi connectivity index (χ4v) is 3.60. The third-order valence-corrected chi connectivity index (χ3v) is 4.83. The summed E-state index contributed by atoms with van der Waals surface area (Å²) in [6.45, 7) is 2.52. The standard InChI is InChI=1S/C14H16BrNO2/c15-12-10-4-6-17-13(10)11(7-16-8-1-2-8)9-3-5-18-14(9)12/h8,16H,1-7H2.